The van der Waals surface area contributed by atoms with Gasteiger partial charge in [-0.15, -0.1) is 0 Å². The van der Waals surface area contributed by atoms with Crippen LogP contribution in [0.5, 0.6) is 0 Å². The number of aromatic nitrogens is 1. The number of rotatable bonds is 4. The van der Waals surface area contributed by atoms with Crippen LogP contribution >= 0.6 is 11.6 Å². The summed E-state index contributed by atoms with van der Waals surface area (Å²) in [6.45, 7) is 0.624. The summed E-state index contributed by atoms with van der Waals surface area (Å²) in [5.74, 6) is 0. The van der Waals surface area contributed by atoms with Gasteiger partial charge in [0.05, 0.1) is 12.1 Å². The Balaban J connectivity index is 1.82. The third kappa shape index (κ3) is 3.15. The molecular formula is C17H15ClN2O. The van der Waals surface area contributed by atoms with E-state index in [2.05, 4.69) is 10.3 Å². The number of aliphatic hydroxyl groups excluding tert-OH is 1. The van der Waals surface area contributed by atoms with Crippen LogP contribution in [0.4, 0.5) is 5.69 Å². The number of anilines is 1. The Morgan fingerprint density at radius 3 is 2.76 bits per heavy atom. The van der Waals surface area contributed by atoms with Gasteiger partial charge in [0.25, 0.3) is 0 Å². The maximum atomic E-state index is 9.15. The normalized spacial score (nSPS) is 10.8. The minimum absolute atomic E-state index is 0.0355. The van der Waals surface area contributed by atoms with Crippen molar-refractivity contribution in [2.45, 2.75) is 13.2 Å². The van der Waals surface area contributed by atoms with Crippen molar-refractivity contribution in [1.29, 1.82) is 0 Å². The van der Waals surface area contributed by atoms with Crippen molar-refractivity contribution in [1.82, 2.24) is 4.98 Å². The van der Waals surface area contributed by atoms with Crippen LogP contribution in [0.3, 0.4) is 0 Å². The zero-order valence-corrected chi connectivity index (χ0v) is 12.1. The molecule has 2 N–H and O–H groups in total. The van der Waals surface area contributed by atoms with E-state index in [4.69, 9.17) is 16.7 Å². The Bertz CT molecular complexity index is 774. The second-order valence-electron chi connectivity index (χ2n) is 4.84. The molecule has 4 heteroatoms. The van der Waals surface area contributed by atoms with Gasteiger partial charge >= 0.3 is 0 Å². The zero-order valence-electron chi connectivity index (χ0n) is 11.4. The fraction of sp³-hybridized carbons (Fsp3) is 0.118. The Hall–Kier alpha value is -2.10. The molecule has 0 bridgehead atoms. The molecule has 0 radical (unpaired) electrons. The molecule has 0 aliphatic carbocycles. The first kappa shape index (κ1) is 13.9. The van der Waals surface area contributed by atoms with Crippen LogP contribution in [-0.2, 0) is 13.2 Å². The third-order valence-electron chi connectivity index (χ3n) is 3.34. The van der Waals surface area contributed by atoms with Gasteiger partial charge in [-0.1, -0.05) is 41.9 Å². The molecular weight excluding hydrogens is 284 g/mol. The first-order valence-corrected chi connectivity index (χ1v) is 7.12. The van der Waals surface area contributed by atoms with Crippen LogP contribution in [0.15, 0.2) is 54.6 Å². The number of hydrogen-bond donors (Lipinski definition) is 2. The van der Waals surface area contributed by atoms with Gasteiger partial charge in [-0.25, -0.2) is 4.98 Å². The van der Waals surface area contributed by atoms with Crippen molar-refractivity contribution in [3.8, 4) is 0 Å². The van der Waals surface area contributed by atoms with Gasteiger partial charge < -0.3 is 10.4 Å². The van der Waals surface area contributed by atoms with Gasteiger partial charge in [0.2, 0.25) is 0 Å². The highest BCUT2D eigenvalue weighted by Crippen LogP contribution is 2.21. The van der Waals surface area contributed by atoms with Crippen molar-refractivity contribution in [2.24, 2.45) is 0 Å². The van der Waals surface area contributed by atoms with Crippen LogP contribution < -0.4 is 5.32 Å². The molecule has 0 saturated heterocycles. The monoisotopic (exact) mass is 298 g/mol. The summed E-state index contributed by atoms with van der Waals surface area (Å²) >= 11 is 6.24. The Morgan fingerprint density at radius 2 is 1.90 bits per heavy atom. The Labute approximate surface area is 128 Å². The molecule has 0 amide bonds. The zero-order chi connectivity index (χ0) is 14.7. The van der Waals surface area contributed by atoms with Crippen LogP contribution in [-0.4, -0.2) is 10.1 Å². The van der Waals surface area contributed by atoms with E-state index in [1.54, 1.807) is 0 Å². The lowest BCUT2D eigenvalue weighted by Crippen LogP contribution is -2.01. The number of hydrogen-bond acceptors (Lipinski definition) is 3. The molecule has 21 heavy (non-hydrogen) atoms. The Kier molecular flexibility index (Phi) is 4.04. The van der Waals surface area contributed by atoms with Crippen LogP contribution in [0, 0.1) is 0 Å². The fourth-order valence-electron chi connectivity index (χ4n) is 2.24. The van der Waals surface area contributed by atoms with Crippen molar-refractivity contribution in [3.05, 3.63) is 70.9 Å². The minimum Gasteiger partial charge on any atom is -0.392 e. The lowest BCUT2D eigenvalue weighted by Gasteiger charge is -2.10. The number of pyridine rings is 1. The quantitative estimate of drug-likeness (QED) is 0.716. The molecule has 0 spiro atoms. The summed E-state index contributed by atoms with van der Waals surface area (Å²) < 4.78 is 0. The van der Waals surface area contributed by atoms with Crippen LogP contribution in [0.25, 0.3) is 10.9 Å². The molecule has 0 fully saturated rings. The number of nitrogens with one attached hydrogen (secondary N) is 1. The van der Waals surface area contributed by atoms with E-state index >= 15 is 0 Å². The topological polar surface area (TPSA) is 45.1 Å². The van der Waals surface area contributed by atoms with Gasteiger partial charge in [-0.3, -0.25) is 0 Å². The predicted octanol–water partition coefficient (Wildman–Crippen LogP) is 3.99. The lowest BCUT2D eigenvalue weighted by molar-refractivity contribution is 0.282. The standard InChI is InChI=1S/C17H15ClN2O/c18-17-14(9-13-5-1-2-7-16(13)20-17)10-19-15-6-3-4-12(8-15)11-21/h1-9,19,21H,10-11H2. The van der Waals surface area contributed by atoms with Crippen LogP contribution in [0.1, 0.15) is 11.1 Å². The van der Waals surface area contributed by atoms with Gasteiger partial charge in [0.1, 0.15) is 5.15 Å². The molecule has 3 aromatic rings. The molecule has 1 aromatic heterocycles. The molecule has 0 aliphatic heterocycles. The van der Waals surface area contributed by atoms with Crippen LogP contribution in [0.2, 0.25) is 5.15 Å². The van der Waals surface area contributed by atoms with Crippen molar-refractivity contribution in [2.75, 3.05) is 5.32 Å². The van der Waals surface area contributed by atoms with Gasteiger partial charge in [-0.05, 0) is 29.8 Å². The number of halogens is 1. The second-order valence-corrected chi connectivity index (χ2v) is 5.20. The number of aliphatic hydroxyl groups is 1. The largest absolute Gasteiger partial charge is 0.392 e. The molecule has 0 atom stereocenters. The Morgan fingerprint density at radius 1 is 1.05 bits per heavy atom. The maximum absolute atomic E-state index is 9.15. The average molecular weight is 299 g/mol. The predicted molar refractivity (Wildman–Crippen MR) is 86.4 cm³/mol. The van der Waals surface area contributed by atoms with Gasteiger partial charge in [0, 0.05) is 23.2 Å². The SMILES string of the molecule is OCc1cccc(NCc2cc3ccccc3nc2Cl)c1. The van der Waals surface area contributed by atoms with E-state index in [1.807, 2.05) is 54.6 Å². The minimum atomic E-state index is 0.0355. The maximum Gasteiger partial charge on any atom is 0.134 e. The number of benzene rings is 2. The molecule has 3 rings (SSSR count). The third-order valence-corrected chi connectivity index (χ3v) is 3.67. The summed E-state index contributed by atoms with van der Waals surface area (Å²) in [5.41, 5.74) is 3.67. The summed E-state index contributed by atoms with van der Waals surface area (Å²) in [4.78, 5) is 4.41. The summed E-state index contributed by atoms with van der Waals surface area (Å²) in [6.07, 6.45) is 0. The second kappa shape index (κ2) is 6.12. The highest BCUT2D eigenvalue weighted by atomic mass is 35.5. The molecule has 2 aromatic carbocycles. The molecule has 106 valence electrons. The smallest absolute Gasteiger partial charge is 0.134 e. The molecule has 0 saturated carbocycles. The van der Waals surface area contributed by atoms with Gasteiger partial charge in [-0.2, -0.15) is 0 Å². The lowest BCUT2D eigenvalue weighted by atomic mass is 10.1. The van der Waals surface area contributed by atoms with E-state index in [0.29, 0.717) is 11.7 Å². The summed E-state index contributed by atoms with van der Waals surface area (Å²) in [6, 6.07) is 17.6. The first-order valence-electron chi connectivity index (χ1n) is 6.74. The molecule has 0 unspecified atom stereocenters. The fourth-order valence-corrected chi connectivity index (χ4v) is 2.45. The molecule has 0 aliphatic rings. The van der Waals surface area contributed by atoms with E-state index in [-0.39, 0.29) is 6.61 Å². The molecule has 1 heterocycles. The number of nitrogens with zero attached hydrogens (tertiary/aromatic N) is 1. The number of fused-ring (bicyclic) bond motifs is 1. The molecule has 3 nitrogen and oxygen atoms in total. The summed E-state index contributed by atoms with van der Waals surface area (Å²) in [7, 11) is 0. The van der Waals surface area contributed by atoms with E-state index < -0.39 is 0 Å². The van der Waals surface area contributed by atoms with Crippen molar-refractivity contribution >= 4 is 28.2 Å². The summed E-state index contributed by atoms with van der Waals surface area (Å²) in [5, 5.41) is 14.0. The van der Waals surface area contributed by atoms with E-state index in [1.165, 1.54) is 0 Å². The van der Waals surface area contributed by atoms with Gasteiger partial charge in [0.15, 0.2) is 0 Å². The first-order chi connectivity index (χ1) is 10.3. The van der Waals surface area contributed by atoms with E-state index in [9.17, 15) is 0 Å². The average Bonchev–Trinajstić information content (AvgIpc) is 2.53. The number of para-hydroxylation sites is 1. The highest BCUT2D eigenvalue weighted by Gasteiger charge is 2.05. The van der Waals surface area contributed by atoms with Crippen molar-refractivity contribution in [3.63, 3.8) is 0 Å². The van der Waals surface area contributed by atoms with Crippen molar-refractivity contribution < 1.29 is 5.11 Å². The highest BCUT2D eigenvalue weighted by molar-refractivity contribution is 6.30. The van der Waals surface area contributed by atoms with E-state index in [0.717, 1.165) is 27.7 Å².